The number of carbonyl (C=O) groups is 4. The van der Waals surface area contributed by atoms with E-state index in [1.54, 1.807) is 12.1 Å². The highest BCUT2D eigenvalue weighted by Gasteiger charge is 2.47. The Morgan fingerprint density at radius 3 is 2.23 bits per heavy atom. The summed E-state index contributed by atoms with van der Waals surface area (Å²) in [4.78, 5) is 58.9. The van der Waals surface area contributed by atoms with Crippen LogP contribution >= 0.6 is 0 Å². The van der Waals surface area contributed by atoms with Gasteiger partial charge in [-0.1, -0.05) is 70.9 Å². The van der Waals surface area contributed by atoms with Crippen LogP contribution in [0.2, 0.25) is 0 Å². The van der Waals surface area contributed by atoms with Crippen LogP contribution in [-0.4, -0.2) is 52.2 Å². The number of aliphatic hydroxyl groups is 1. The van der Waals surface area contributed by atoms with Gasteiger partial charge in [-0.15, -0.1) is 0 Å². The maximum absolute atomic E-state index is 14.7. The van der Waals surface area contributed by atoms with E-state index in [-0.39, 0.29) is 79.7 Å². The molecule has 1 heterocycles. The van der Waals surface area contributed by atoms with Gasteiger partial charge in [0.15, 0.2) is 5.78 Å². The van der Waals surface area contributed by atoms with Crippen molar-refractivity contribution in [2.75, 3.05) is 13.2 Å². The number of aromatic nitrogens is 1. The minimum atomic E-state index is -4.62. The second-order valence-electron chi connectivity index (χ2n) is 14.8. The number of Topliss-reactive ketones (excluding diaryl/α,β-unsaturated/α-hetero) is 2. The predicted molar refractivity (Wildman–Crippen MR) is 195 cm³/mol. The monoisotopic (exact) mass is 743 g/mol. The summed E-state index contributed by atoms with van der Waals surface area (Å²) in [7, 11) is 0. The highest BCUT2D eigenvalue weighted by molar-refractivity contribution is 5.99. The predicted octanol–water partition coefficient (Wildman–Crippen LogP) is 7.43. The highest BCUT2D eigenvalue weighted by atomic mass is 19.4. The number of nitrogens with one attached hydrogen (secondary N) is 3. The summed E-state index contributed by atoms with van der Waals surface area (Å²) in [6.07, 6.45) is -1.96. The molecule has 1 aliphatic rings. The molecule has 12 heteroatoms. The Hall–Kier alpha value is -4.06. The van der Waals surface area contributed by atoms with Crippen LogP contribution < -0.4 is 10.6 Å². The molecule has 0 saturated carbocycles. The molecule has 4 N–H and O–H groups in total. The van der Waals surface area contributed by atoms with Gasteiger partial charge < -0.3 is 20.7 Å². The Morgan fingerprint density at radius 2 is 1.58 bits per heavy atom. The molecule has 53 heavy (non-hydrogen) atoms. The summed E-state index contributed by atoms with van der Waals surface area (Å²) < 4.78 is 56.5. The number of benzene rings is 2. The van der Waals surface area contributed by atoms with Crippen LogP contribution in [0.25, 0.3) is 10.9 Å². The van der Waals surface area contributed by atoms with Crippen LogP contribution in [0.1, 0.15) is 101 Å². The number of carbonyl (C=O) groups excluding carboxylic acids is 4. The van der Waals surface area contributed by atoms with Gasteiger partial charge in [0.1, 0.15) is 17.1 Å². The smallest absolute Gasteiger partial charge is 0.396 e. The van der Waals surface area contributed by atoms with Crippen LogP contribution in [-0.2, 0) is 44.6 Å². The Balaban J connectivity index is 1.70. The number of aryl methyl sites for hydroxylation is 1. The van der Waals surface area contributed by atoms with E-state index >= 15 is 0 Å². The van der Waals surface area contributed by atoms with E-state index in [4.69, 9.17) is 5.11 Å². The normalized spacial score (nSPS) is 18.1. The molecule has 0 saturated heterocycles. The average Bonchev–Trinajstić information content (AvgIpc) is 3.50. The maximum atomic E-state index is 14.7. The summed E-state index contributed by atoms with van der Waals surface area (Å²) in [6, 6.07) is 9.82. The third kappa shape index (κ3) is 10.1. The molecule has 0 fully saturated rings. The molecule has 4 rings (SSSR count). The van der Waals surface area contributed by atoms with Crippen molar-refractivity contribution in [2.45, 2.75) is 110 Å². The first-order chi connectivity index (χ1) is 25.1. The lowest BCUT2D eigenvalue weighted by atomic mass is 9.72. The first kappa shape index (κ1) is 41.7. The lowest BCUT2D eigenvalue weighted by Crippen LogP contribution is -2.60. The summed E-state index contributed by atoms with van der Waals surface area (Å²) in [5.41, 5.74) is -1.23. The van der Waals surface area contributed by atoms with Gasteiger partial charge in [0, 0.05) is 61.8 Å². The van der Waals surface area contributed by atoms with Crippen LogP contribution in [0.5, 0.6) is 0 Å². The fraction of sp³-hybridized carbons (Fsp3) is 0.561. The number of fused-ring (bicyclic) bond motifs is 3. The topological polar surface area (TPSA) is 128 Å². The number of amides is 2. The molecule has 3 aromatic rings. The van der Waals surface area contributed by atoms with Crippen molar-refractivity contribution in [1.29, 1.82) is 0 Å². The van der Waals surface area contributed by atoms with Crippen LogP contribution in [0.15, 0.2) is 42.5 Å². The summed E-state index contributed by atoms with van der Waals surface area (Å²) in [6.45, 7) is 7.94. The van der Waals surface area contributed by atoms with Gasteiger partial charge in [-0.3, -0.25) is 19.2 Å². The third-order valence-electron chi connectivity index (χ3n) is 11.2. The first-order valence-electron chi connectivity index (χ1n) is 18.8. The van der Waals surface area contributed by atoms with E-state index in [2.05, 4.69) is 15.6 Å². The lowest BCUT2D eigenvalue weighted by molar-refractivity contribution is -0.139. The molecule has 5 atom stereocenters. The van der Waals surface area contributed by atoms with E-state index in [1.165, 1.54) is 24.3 Å². The zero-order valence-corrected chi connectivity index (χ0v) is 31.1. The average molecular weight is 744 g/mol. The number of hydrogen-bond donors (Lipinski definition) is 4. The second kappa shape index (κ2) is 18.3. The molecule has 0 radical (unpaired) electrons. The molecule has 2 amide bonds. The number of para-hydroxylation sites is 1. The van der Waals surface area contributed by atoms with E-state index < -0.39 is 46.6 Å². The molecule has 0 aliphatic heterocycles. The van der Waals surface area contributed by atoms with Crippen LogP contribution in [0.4, 0.5) is 17.6 Å². The van der Waals surface area contributed by atoms with Gasteiger partial charge in [0.05, 0.1) is 11.1 Å². The van der Waals surface area contributed by atoms with Gasteiger partial charge >= 0.3 is 6.18 Å². The number of hydrogen-bond acceptors (Lipinski definition) is 5. The number of aromatic amines is 1. The molecule has 0 spiro atoms. The second-order valence-corrected chi connectivity index (χ2v) is 14.8. The number of aliphatic hydroxyl groups excluding tert-OH is 1. The number of alkyl halides is 3. The van der Waals surface area contributed by atoms with Gasteiger partial charge in [0.2, 0.25) is 11.8 Å². The zero-order valence-electron chi connectivity index (χ0n) is 31.1. The molecule has 1 aliphatic carbocycles. The lowest BCUT2D eigenvalue weighted by Gasteiger charge is -2.39. The van der Waals surface area contributed by atoms with E-state index in [1.807, 2.05) is 27.7 Å². The fourth-order valence-electron chi connectivity index (χ4n) is 7.45. The van der Waals surface area contributed by atoms with E-state index in [0.717, 1.165) is 12.5 Å². The van der Waals surface area contributed by atoms with E-state index in [0.29, 0.717) is 48.9 Å². The SMILES string of the molecule is CCC(C)[C@H](CC(=O)[C@@]1(NC(=O)[C@@H](CC(=O)Cc2ccccc2F)C(C)CC)CCc2[nH]c3c(C(F)(F)F)cccc3c2C1)C(=O)NCCCCCO. The first-order valence-corrected chi connectivity index (χ1v) is 18.8. The minimum absolute atomic E-state index is 0.0546. The Bertz CT molecular complexity index is 1750. The number of ketones is 2. The standard InChI is InChI=1S/C41H53F4N3O5/c1-5-25(3)30(22-28(50)21-27-13-8-9-16-34(27)42)39(53)48-40(36(51)23-31(26(4)6-2)38(52)46-19-10-7-11-20-49)18-17-35-32(24-40)29-14-12-15-33(37(29)47-35)41(43,44)45/h8-9,12-16,25-26,30-31,47,49H,5-7,10-11,17-24H2,1-4H3,(H,46,52)(H,48,53)/t25?,26?,30-,31-,40+/m0/s1. The largest absolute Gasteiger partial charge is 0.418 e. The minimum Gasteiger partial charge on any atom is -0.396 e. The third-order valence-corrected chi connectivity index (χ3v) is 11.2. The number of unbranched alkanes of at least 4 members (excludes halogenated alkanes) is 2. The number of H-pyrrole nitrogens is 1. The molecular formula is C41H53F4N3O5. The van der Waals surface area contributed by atoms with Crippen LogP contribution in [0, 0.1) is 29.5 Å². The van der Waals surface area contributed by atoms with Crippen molar-refractivity contribution in [3.8, 4) is 0 Å². The van der Waals surface area contributed by atoms with Gasteiger partial charge in [-0.25, -0.2) is 4.39 Å². The summed E-state index contributed by atoms with van der Waals surface area (Å²) >= 11 is 0. The Labute approximate surface area is 308 Å². The number of rotatable bonds is 19. The number of halogens is 4. The summed E-state index contributed by atoms with van der Waals surface area (Å²) in [5, 5.41) is 15.3. The van der Waals surface area contributed by atoms with Crippen molar-refractivity contribution in [2.24, 2.45) is 23.7 Å². The van der Waals surface area contributed by atoms with E-state index in [9.17, 15) is 36.7 Å². The molecule has 2 aromatic carbocycles. The molecule has 8 nitrogen and oxygen atoms in total. The quantitative estimate of drug-likeness (QED) is 0.0750. The molecule has 1 aromatic heterocycles. The molecule has 290 valence electrons. The van der Waals surface area contributed by atoms with Gasteiger partial charge in [0.25, 0.3) is 0 Å². The van der Waals surface area contributed by atoms with Crippen molar-refractivity contribution in [3.05, 3.63) is 70.7 Å². The van der Waals surface area contributed by atoms with Crippen LogP contribution in [0.3, 0.4) is 0 Å². The molecular weight excluding hydrogens is 690 g/mol. The summed E-state index contributed by atoms with van der Waals surface area (Å²) in [5.74, 6) is -4.19. The van der Waals surface area contributed by atoms with Crippen molar-refractivity contribution in [3.63, 3.8) is 0 Å². The highest BCUT2D eigenvalue weighted by Crippen LogP contribution is 2.41. The Kier molecular flexibility index (Phi) is 14.4. The zero-order chi connectivity index (χ0) is 38.9. The molecule has 0 bridgehead atoms. The molecule has 2 unspecified atom stereocenters. The maximum Gasteiger partial charge on any atom is 0.418 e. The van der Waals surface area contributed by atoms with Crippen molar-refractivity contribution in [1.82, 2.24) is 15.6 Å². The van der Waals surface area contributed by atoms with Crippen molar-refractivity contribution >= 4 is 34.3 Å². The van der Waals surface area contributed by atoms with Crippen molar-refractivity contribution < 1.29 is 41.8 Å². The van der Waals surface area contributed by atoms with Gasteiger partial charge in [-0.05, 0) is 67.2 Å². The Morgan fingerprint density at radius 1 is 0.906 bits per heavy atom. The fourth-order valence-corrected chi connectivity index (χ4v) is 7.45. The van der Waals surface area contributed by atoms with Gasteiger partial charge in [-0.2, -0.15) is 13.2 Å².